The van der Waals surface area contributed by atoms with Gasteiger partial charge in [-0.1, -0.05) is 43.3 Å². The molecule has 0 saturated heterocycles. The minimum atomic E-state index is -1.65. The Morgan fingerprint density at radius 1 is 1.16 bits per heavy atom. The molecule has 0 radical (unpaired) electrons. The van der Waals surface area contributed by atoms with Gasteiger partial charge in [0.05, 0.1) is 12.2 Å². The van der Waals surface area contributed by atoms with Gasteiger partial charge in [-0.2, -0.15) is 9.78 Å². The molecule has 0 unspecified atom stereocenters. The predicted molar refractivity (Wildman–Crippen MR) is 112 cm³/mol. The van der Waals surface area contributed by atoms with E-state index in [-0.39, 0.29) is 12.1 Å². The molecule has 2 heterocycles. The normalized spacial score (nSPS) is 14.5. The zero-order chi connectivity index (χ0) is 22.6. The van der Waals surface area contributed by atoms with Crippen LogP contribution >= 0.6 is 0 Å². The molecule has 4 aromatic rings. The van der Waals surface area contributed by atoms with Crippen LogP contribution in [0.1, 0.15) is 24.5 Å². The van der Waals surface area contributed by atoms with E-state index in [9.17, 15) is 13.9 Å². The summed E-state index contributed by atoms with van der Waals surface area (Å²) >= 11 is 0. The van der Waals surface area contributed by atoms with Gasteiger partial charge >= 0.3 is 0 Å². The van der Waals surface area contributed by atoms with E-state index < -0.39 is 23.2 Å². The second kappa shape index (κ2) is 9.15. The van der Waals surface area contributed by atoms with Crippen LogP contribution in [0, 0.1) is 17.6 Å². The highest BCUT2D eigenvalue weighted by Gasteiger charge is 2.38. The van der Waals surface area contributed by atoms with Crippen molar-refractivity contribution in [1.29, 1.82) is 0 Å². The van der Waals surface area contributed by atoms with Crippen molar-refractivity contribution in [2.45, 2.75) is 25.5 Å². The van der Waals surface area contributed by atoms with E-state index in [4.69, 9.17) is 0 Å². The van der Waals surface area contributed by atoms with Crippen LogP contribution in [0.4, 0.5) is 8.78 Å². The molecule has 2 aromatic heterocycles. The topological polar surface area (TPSA) is 94.5 Å². The quantitative estimate of drug-likeness (QED) is 0.455. The molecule has 0 aliphatic rings. The fourth-order valence-electron chi connectivity index (χ4n) is 3.61. The molecule has 1 N–H and O–H groups in total. The Kier molecular flexibility index (Phi) is 6.13. The van der Waals surface area contributed by atoms with Crippen LogP contribution in [0.3, 0.4) is 0 Å². The zero-order valence-electron chi connectivity index (χ0n) is 17.3. The van der Waals surface area contributed by atoms with Gasteiger partial charge in [0.1, 0.15) is 36.2 Å². The molecule has 8 nitrogen and oxygen atoms in total. The largest absolute Gasteiger partial charge is 0.383 e. The Balaban J connectivity index is 1.60. The van der Waals surface area contributed by atoms with Gasteiger partial charge in [-0.15, -0.1) is 5.10 Å². The molecule has 10 heteroatoms. The second-order valence-corrected chi connectivity index (χ2v) is 7.49. The minimum absolute atomic E-state index is 0.00406. The Morgan fingerprint density at radius 2 is 2.00 bits per heavy atom. The summed E-state index contributed by atoms with van der Waals surface area (Å²) in [7, 11) is 0. The van der Waals surface area contributed by atoms with E-state index in [0.29, 0.717) is 6.42 Å². The second-order valence-electron chi connectivity index (χ2n) is 7.49. The molecule has 164 valence electrons. The van der Waals surface area contributed by atoms with Gasteiger partial charge in [-0.25, -0.2) is 18.4 Å². The minimum Gasteiger partial charge on any atom is -0.383 e. The molecule has 0 spiro atoms. The highest BCUT2D eigenvalue weighted by Crippen LogP contribution is 2.36. The van der Waals surface area contributed by atoms with Crippen molar-refractivity contribution in [3.05, 3.63) is 90.3 Å². The van der Waals surface area contributed by atoms with Crippen molar-refractivity contribution in [2.24, 2.45) is 5.92 Å². The molecule has 4 rings (SSSR count). The number of halogens is 2. The number of benzene rings is 2. The van der Waals surface area contributed by atoms with Gasteiger partial charge in [-0.3, -0.25) is 0 Å². The standard InChI is InChI=1S/C22H21F2N7O/c1-16(5-4-7-17-6-2-3-8-21(17)31-15-26-28-29-31)22(32,12-30-14-25-13-27-30)19-10-9-18(23)11-20(19)24/h2-4,6-11,13-16,32H,5,12H2,1H3/b7-4+/t16-,22+/m0/s1. The predicted octanol–water partition coefficient (Wildman–Crippen LogP) is 3.16. The molecule has 0 aliphatic heterocycles. The van der Waals surface area contributed by atoms with Gasteiger partial charge in [0, 0.05) is 11.6 Å². The van der Waals surface area contributed by atoms with Crippen LogP contribution in [0.2, 0.25) is 0 Å². The molecule has 0 amide bonds. The average Bonchev–Trinajstić information content (AvgIpc) is 3.48. The van der Waals surface area contributed by atoms with Crippen molar-refractivity contribution in [1.82, 2.24) is 35.0 Å². The zero-order valence-corrected chi connectivity index (χ0v) is 17.3. The van der Waals surface area contributed by atoms with E-state index in [1.165, 1.54) is 29.7 Å². The summed E-state index contributed by atoms with van der Waals surface area (Å²) in [5, 5.41) is 26.9. The summed E-state index contributed by atoms with van der Waals surface area (Å²) < 4.78 is 31.1. The smallest absolute Gasteiger partial charge is 0.143 e. The number of allylic oxidation sites excluding steroid dienone is 1. The van der Waals surface area contributed by atoms with Crippen molar-refractivity contribution < 1.29 is 13.9 Å². The number of para-hydroxylation sites is 1. The Morgan fingerprint density at radius 3 is 2.72 bits per heavy atom. The van der Waals surface area contributed by atoms with Crippen LogP contribution in [0.25, 0.3) is 11.8 Å². The van der Waals surface area contributed by atoms with Gasteiger partial charge in [-0.05, 0) is 40.5 Å². The number of aliphatic hydroxyl groups is 1. The summed E-state index contributed by atoms with van der Waals surface area (Å²) in [6, 6.07) is 10.8. The molecule has 0 fully saturated rings. The van der Waals surface area contributed by atoms with E-state index in [0.717, 1.165) is 23.4 Å². The molecule has 0 bridgehead atoms. The number of tetrazole rings is 1. The first-order valence-electron chi connectivity index (χ1n) is 9.96. The van der Waals surface area contributed by atoms with Crippen LogP contribution in [0.15, 0.2) is 67.5 Å². The van der Waals surface area contributed by atoms with Gasteiger partial charge in [0.15, 0.2) is 0 Å². The highest BCUT2D eigenvalue weighted by molar-refractivity contribution is 5.60. The van der Waals surface area contributed by atoms with Crippen LogP contribution < -0.4 is 0 Å². The van der Waals surface area contributed by atoms with Gasteiger partial charge in [0.25, 0.3) is 0 Å². The lowest BCUT2D eigenvalue weighted by Crippen LogP contribution is -2.39. The number of hydrogen-bond donors (Lipinski definition) is 1. The molecular formula is C22H21F2N7O. The summed E-state index contributed by atoms with van der Waals surface area (Å²) in [4.78, 5) is 3.89. The maximum Gasteiger partial charge on any atom is 0.143 e. The number of rotatable bonds is 8. The lowest BCUT2D eigenvalue weighted by molar-refractivity contribution is -0.0379. The Labute approximate surface area is 182 Å². The van der Waals surface area contributed by atoms with Gasteiger partial charge in [0.2, 0.25) is 0 Å². The van der Waals surface area contributed by atoms with Crippen LogP contribution in [-0.4, -0.2) is 40.1 Å². The molecule has 2 atom stereocenters. The molecule has 0 aliphatic carbocycles. The van der Waals surface area contributed by atoms with Crippen molar-refractivity contribution in [3.8, 4) is 5.69 Å². The van der Waals surface area contributed by atoms with Crippen molar-refractivity contribution >= 4 is 6.08 Å². The van der Waals surface area contributed by atoms with Crippen molar-refractivity contribution in [3.63, 3.8) is 0 Å². The summed E-state index contributed by atoms with van der Waals surface area (Å²) in [5.74, 6) is -1.96. The number of hydrogen-bond acceptors (Lipinski definition) is 6. The Hall–Kier alpha value is -3.79. The first-order chi connectivity index (χ1) is 15.5. The SMILES string of the molecule is C[C@@H](C/C=C/c1ccccc1-n1cnnn1)[C@](O)(Cn1cncn1)c1ccc(F)cc1F. The summed E-state index contributed by atoms with van der Waals surface area (Å²) in [5.41, 5.74) is 0.0264. The van der Waals surface area contributed by atoms with Crippen LogP contribution in [-0.2, 0) is 12.1 Å². The van der Waals surface area contributed by atoms with E-state index in [1.807, 2.05) is 36.4 Å². The third-order valence-corrected chi connectivity index (χ3v) is 5.40. The van der Waals surface area contributed by atoms with E-state index in [2.05, 4.69) is 25.6 Å². The highest BCUT2D eigenvalue weighted by atomic mass is 19.1. The lowest BCUT2D eigenvalue weighted by atomic mass is 9.80. The Bertz CT molecular complexity index is 1190. The lowest BCUT2D eigenvalue weighted by Gasteiger charge is -2.34. The average molecular weight is 437 g/mol. The number of aromatic nitrogens is 7. The molecule has 0 saturated carbocycles. The maximum atomic E-state index is 14.6. The maximum absolute atomic E-state index is 14.6. The summed E-state index contributed by atoms with van der Waals surface area (Å²) in [6.07, 6.45) is 8.47. The third-order valence-electron chi connectivity index (χ3n) is 5.40. The first kappa shape index (κ1) is 21.4. The monoisotopic (exact) mass is 437 g/mol. The number of nitrogens with zero attached hydrogens (tertiary/aromatic N) is 7. The third kappa shape index (κ3) is 4.45. The first-order valence-corrected chi connectivity index (χ1v) is 9.96. The van der Waals surface area contributed by atoms with Gasteiger partial charge < -0.3 is 5.11 Å². The summed E-state index contributed by atoms with van der Waals surface area (Å²) in [6.45, 7) is 1.77. The fraction of sp³-hybridized carbons (Fsp3) is 0.227. The van der Waals surface area contributed by atoms with Crippen LogP contribution in [0.5, 0.6) is 0 Å². The molecule has 2 aromatic carbocycles. The molecule has 32 heavy (non-hydrogen) atoms. The van der Waals surface area contributed by atoms with E-state index in [1.54, 1.807) is 11.6 Å². The van der Waals surface area contributed by atoms with Crippen molar-refractivity contribution in [2.75, 3.05) is 0 Å². The van der Waals surface area contributed by atoms with E-state index >= 15 is 0 Å². The molecular weight excluding hydrogens is 416 g/mol. The fourth-order valence-corrected chi connectivity index (χ4v) is 3.61.